The average molecular weight is 391 g/mol. The van der Waals surface area contributed by atoms with Gasteiger partial charge in [-0.25, -0.2) is 8.42 Å². The zero-order valence-corrected chi connectivity index (χ0v) is 16.0. The number of unbranched alkanes of at least 4 members (excludes halogenated alkanes) is 1. The molecular formula is C19H21NO6S. The third kappa shape index (κ3) is 4.33. The van der Waals surface area contributed by atoms with E-state index >= 15 is 0 Å². The first-order chi connectivity index (χ1) is 12.9. The van der Waals surface area contributed by atoms with Crippen LogP contribution in [0.25, 0.3) is 0 Å². The molecule has 2 aromatic rings. The van der Waals surface area contributed by atoms with Crippen LogP contribution in [0.2, 0.25) is 0 Å². The summed E-state index contributed by atoms with van der Waals surface area (Å²) < 4.78 is 43.9. The number of hydrogen-bond acceptors (Lipinski definition) is 6. The summed E-state index contributed by atoms with van der Waals surface area (Å²) in [5.74, 6) is 1.12. The molecule has 0 aromatic heterocycles. The van der Waals surface area contributed by atoms with Crippen molar-refractivity contribution in [2.75, 3.05) is 18.1 Å². The summed E-state index contributed by atoms with van der Waals surface area (Å²) in [4.78, 5) is 12.0. The monoisotopic (exact) mass is 391 g/mol. The van der Waals surface area contributed by atoms with Gasteiger partial charge in [0.15, 0.2) is 17.3 Å². The Morgan fingerprint density at radius 2 is 1.81 bits per heavy atom. The molecule has 0 unspecified atom stereocenters. The number of ketones is 1. The first kappa shape index (κ1) is 19.0. The molecule has 2 aromatic carbocycles. The van der Waals surface area contributed by atoms with Gasteiger partial charge in [-0.3, -0.25) is 9.52 Å². The molecule has 1 aliphatic heterocycles. The molecule has 3 rings (SSSR count). The number of carbonyl (C=O) groups is 1. The molecule has 0 saturated carbocycles. The maximum Gasteiger partial charge on any atom is 0.261 e. The molecule has 7 nitrogen and oxygen atoms in total. The maximum absolute atomic E-state index is 12.7. The quantitative estimate of drug-likeness (QED) is 0.546. The average Bonchev–Trinajstić information content (AvgIpc) is 3.08. The highest BCUT2D eigenvalue weighted by Crippen LogP contribution is 2.38. The fraction of sp³-hybridized carbons (Fsp3) is 0.316. The highest BCUT2D eigenvalue weighted by molar-refractivity contribution is 7.92. The van der Waals surface area contributed by atoms with E-state index in [4.69, 9.17) is 14.2 Å². The zero-order chi connectivity index (χ0) is 19.4. The predicted octanol–water partition coefficient (Wildman–Crippen LogP) is 3.60. The molecule has 0 aliphatic carbocycles. The Hall–Kier alpha value is -2.74. The molecule has 1 heterocycles. The van der Waals surface area contributed by atoms with Crippen LogP contribution in [0.3, 0.4) is 0 Å². The van der Waals surface area contributed by atoms with Gasteiger partial charge in [-0.15, -0.1) is 0 Å². The molecular weight excluding hydrogens is 370 g/mol. The summed E-state index contributed by atoms with van der Waals surface area (Å²) in [6.45, 7) is 4.04. The Kier molecular flexibility index (Phi) is 5.55. The molecule has 0 saturated heterocycles. The number of Topliss-reactive ketones (excluding diaryl/α,β-unsaturated/α-hetero) is 1. The summed E-state index contributed by atoms with van der Waals surface area (Å²) >= 11 is 0. The number of carbonyl (C=O) groups excluding carboxylic acids is 1. The number of rotatable bonds is 8. The number of hydrogen-bond donors (Lipinski definition) is 1. The van der Waals surface area contributed by atoms with Gasteiger partial charge in [-0.2, -0.15) is 0 Å². The zero-order valence-electron chi connectivity index (χ0n) is 15.2. The second kappa shape index (κ2) is 7.87. The van der Waals surface area contributed by atoms with Gasteiger partial charge in [0.1, 0.15) is 5.75 Å². The van der Waals surface area contributed by atoms with E-state index in [2.05, 4.69) is 11.6 Å². The van der Waals surface area contributed by atoms with Crippen LogP contribution in [0.15, 0.2) is 41.3 Å². The van der Waals surface area contributed by atoms with Crippen molar-refractivity contribution in [1.29, 1.82) is 0 Å². The summed E-state index contributed by atoms with van der Waals surface area (Å²) in [6.07, 6.45) is 1.95. The van der Waals surface area contributed by atoms with E-state index < -0.39 is 10.0 Å². The molecule has 0 amide bonds. The van der Waals surface area contributed by atoms with E-state index in [1.165, 1.54) is 31.2 Å². The summed E-state index contributed by atoms with van der Waals surface area (Å²) in [5, 5.41) is 0. The minimum absolute atomic E-state index is 0.0301. The van der Waals surface area contributed by atoms with Gasteiger partial charge in [-0.05, 0) is 43.7 Å². The van der Waals surface area contributed by atoms with Crippen LogP contribution in [0.5, 0.6) is 17.2 Å². The summed E-state index contributed by atoms with van der Waals surface area (Å²) in [7, 11) is -3.88. The van der Waals surface area contributed by atoms with Crippen molar-refractivity contribution in [3.05, 3.63) is 42.0 Å². The Balaban J connectivity index is 1.83. The van der Waals surface area contributed by atoms with Crippen molar-refractivity contribution in [3.8, 4) is 17.2 Å². The molecule has 144 valence electrons. The molecule has 0 spiro atoms. The normalized spacial score (nSPS) is 12.7. The highest BCUT2D eigenvalue weighted by Gasteiger charge is 2.23. The number of sulfonamides is 1. The smallest absolute Gasteiger partial charge is 0.261 e. The number of benzene rings is 2. The van der Waals surface area contributed by atoms with Crippen LogP contribution in [-0.4, -0.2) is 27.6 Å². The van der Waals surface area contributed by atoms with Crippen LogP contribution < -0.4 is 18.9 Å². The third-order valence-electron chi connectivity index (χ3n) is 4.04. The summed E-state index contributed by atoms with van der Waals surface area (Å²) in [6, 6.07) is 9.08. The lowest BCUT2D eigenvalue weighted by molar-refractivity contribution is 0.101. The van der Waals surface area contributed by atoms with E-state index in [0.717, 1.165) is 12.8 Å². The Bertz CT molecular complexity index is 937. The lowest BCUT2D eigenvalue weighted by atomic mass is 10.1. The van der Waals surface area contributed by atoms with Gasteiger partial charge in [0.05, 0.1) is 17.2 Å². The van der Waals surface area contributed by atoms with Gasteiger partial charge < -0.3 is 14.2 Å². The molecule has 0 fully saturated rings. The lowest BCUT2D eigenvalue weighted by Crippen LogP contribution is -2.15. The van der Waals surface area contributed by atoms with Crippen molar-refractivity contribution < 1.29 is 27.4 Å². The molecule has 0 atom stereocenters. The second-order valence-corrected chi connectivity index (χ2v) is 7.77. The standard InChI is InChI=1S/C19H21NO6S/c1-3-4-9-24-14-5-7-15(8-6-14)27(22,23)20-17-11-19-18(25-12-26-19)10-16(17)13(2)21/h5-8,10-11,20H,3-4,9,12H2,1-2H3. The van der Waals surface area contributed by atoms with Crippen LogP contribution >= 0.6 is 0 Å². The number of fused-ring (bicyclic) bond motifs is 1. The molecule has 0 radical (unpaired) electrons. The first-order valence-corrected chi connectivity index (χ1v) is 10.1. The van der Waals surface area contributed by atoms with E-state index in [0.29, 0.717) is 23.9 Å². The molecule has 27 heavy (non-hydrogen) atoms. The number of ether oxygens (including phenoxy) is 3. The maximum atomic E-state index is 12.7. The van der Waals surface area contributed by atoms with Crippen molar-refractivity contribution >= 4 is 21.5 Å². The Morgan fingerprint density at radius 3 is 2.44 bits per heavy atom. The van der Waals surface area contributed by atoms with Crippen molar-refractivity contribution in [2.45, 2.75) is 31.6 Å². The van der Waals surface area contributed by atoms with E-state index in [-0.39, 0.29) is 28.7 Å². The van der Waals surface area contributed by atoms with Crippen molar-refractivity contribution in [2.24, 2.45) is 0 Å². The lowest BCUT2D eigenvalue weighted by Gasteiger charge is -2.13. The van der Waals surface area contributed by atoms with E-state index in [1.54, 1.807) is 12.1 Å². The minimum atomic E-state index is -3.88. The minimum Gasteiger partial charge on any atom is -0.494 e. The van der Waals surface area contributed by atoms with E-state index in [9.17, 15) is 13.2 Å². The van der Waals surface area contributed by atoms with Crippen molar-refractivity contribution in [1.82, 2.24) is 0 Å². The SMILES string of the molecule is CCCCOc1ccc(S(=O)(=O)Nc2cc3c(cc2C(C)=O)OCO3)cc1. The molecule has 1 N–H and O–H groups in total. The molecule has 8 heteroatoms. The van der Waals surface area contributed by atoms with Crippen molar-refractivity contribution in [3.63, 3.8) is 0 Å². The fourth-order valence-corrected chi connectivity index (χ4v) is 3.64. The summed E-state index contributed by atoms with van der Waals surface area (Å²) in [5.41, 5.74) is 0.359. The van der Waals surface area contributed by atoms with Gasteiger partial charge in [-0.1, -0.05) is 13.3 Å². The van der Waals surface area contributed by atoms with Crippen LogP contribution in [0.4, 0.5) is 5.69 Å². The van der Waals surface area contributed by atoms with Gasteiger partial charge in [0, 0.05) is 11.6 Å². The topological polar surface area (TPSA) is 90.9 Å². The van der Waals surface area contributed by atoms with Crippen LogP contribution in [-0.2, 0) is 10.0 Å². The van der Waals surface area contributed by atoms with Gasteiger partial charge in [0.25, 0.3) is 10.0 Å². The van der Waals surface area contributed by atoms with Crippen LogP contribution in [0.1, 0.15) is 37.0 Å². The Morgan fingerprint density at radius 1 is 1.15 bits per heavy atom. The molecule has 0 bridgehead atoms. The Labute approximate surface area is 158 Å². The largest absolute Gasteiger partial charge is 0.494 e. The van der Waals surface area contributed by atoms with Gasteiger partial charge in [0.2, 0.25) is 6.79 Å². The number of anilines is 1. The fourth-order valence-electron chi connectivity index (χ4n) is 2.57. The predicted molar refractivity (Wildman–Crippen MR) is 100 cm³/mol. The van der Waals surface area contributed by atoms with E-state index in [1.807, 2.05) is 0 Å². The first-order valence-electron chi connectivity index (χ1n) is 8.61. The molecule has 1 aliphatic rings. The second-order valence-electron chi connectivity index (χ2n) is 6.09. The van der Waals surface area contributed by atoms with Gasteiger partial charge >= 0.3 is 0 Å². The number of nitrogens with one attached hydrogen (secondary N) is 1. The third-order valence-corrected chi connectivity index (χ3v) is 5.42. The van der Waals surface area contributed by atoms with Crippen LogP contribution in [0, 0.1) is 0 Å². The highest BCUT2D eigenvalue weighted by atomic mass is 32.2.